The molecule has 0 unspecified atom stereocenters. The zero-order chi connectivity index (χ0) is 19.2. The number of anilines is 2. The number of nitrogen functional groups attached to an aromatic ring is 1. The van der Waals surface area contributed by atoms with E-state index in [0.29, 0.717) is 29.2 Å². The number of pyridine rings is 2. The lowest BCUT2D eigenvalue weighted by atomic mass is 10.1. The number of rotatable bonds is 4. The van der Waals surface area contributed by atoms with E-state index in [1.807, 2.05) is 6.07 Å². The number of halogens is 2. The van der Waals surface area contributed by atoms with Crippen molar-refractivity contribution in [2.75, 3.05) is 10.5 Å². The molecule has 0 fully saturated rings. The summed E-state index contributed by atoms with van der Waals surface area (Å²) < 4.78 is 17.9. The quantitative estimate of drug-likeness (QED) is 0.417. The smallest absolute Gasteiger partial charge is 0.147 e. The van der Waals surface area contributed by atoms with Crippen LogP contribution >= 0.6 is 27.9 Å². The molecule has 0 aliphatic rings. The SMILES string of the molecule is NCc1cc(C#Cc2ccc(F)c(NSc3cncc(Br)c3)c2)cnc1N. The van der Waals surface area contributed by atoms with Crippen molar-refractivity contribution < 1.29 is 4.39 Å². The fourth-order valence-electron chi connectivity index (χ4n) is 2.14. The monoisotopic (exact) mass is 443 g/mol. The summed E-state index contributed by atoms with van der Waals surface area (Å²) in [5.41, 5.74) is 13.8. The van der Waals surface area contributed by atoms with Crippen LogP contribution in [-0.4, -0.2) is 9.97 Å². The first-order valence-electron chi connectivity index (χ1n) is 7.84. The normalized spacial score (nSPS) is 10.2. The zero-order valence-electron chi connectivity index (χ0n) is 14.0. The average molecular weight is 444 g/mol. The van der Waals surface area contributed by atoms with E-state index in [4.69, 9.17) is 11.5 Å². The van der Waals surface area contributed by atoms with Crippen LogP contribution in [0.15, 0.2) is 58.3 Å². The fourth-order valence-corrected chi connectivity index (χ4v) is 3.34. The summed E-state index contributed by atoms with van der Waals surface area (Å²) in [7, 11) is 0. The molecule has 0 atom stereocenters. The number of nitrogens with two attached hydrogens (primary N) is 2. The summed E-state index contributed by atoms with van der Waals surface area (Å²) in [6.45, 7) is 0.292. The third-order valence-corrected chi connectivity index (χ3v) is 4.71. The Morgan fingerprint density at radius 1 is 1.11 bits per heavy atom. The van der Waals surface area contributed by atoms with Gasteiger partial charge in [0.2, 0.25) is 0 Å². The van der Waals surface area contributed by atoms with Gasteiger partial charge in [0.05, 0.1) is 5.69 Å². The Bertz CT molecular complexity index is 1030. The Labute approximate surface area is 169 Å². The molecule has 0 saturated carbocycles. The molecule has 0 spiro atoms. The lowest BCUT2D eigenvalue weighted by Crippen LogP contribution is -2.03. The minimum absolute atomic E-state index is 0.292. The summed E-state index contributed by atoms with van der Waals surface area (Å²) in [6.07, 6.45) is 4.95. The highest BCUT2D eigenvalue weighted by atomic mass is 79.9. The molecule has 0 saturated heterocycles. The lowest BCUT2D eigenvalue weighted by Gasteiger charge is -2.07. The maximum Gasteiger partial charge on any atom is 0.147 e. The molecule has 136 valence electrons. The highest BCUT2D eigenvalue weighted by Gasteiger charge is 2.04. The molecule has 5 N–H and O–H groups in total. The first-order valence-corrected chi connectivity index (χ1v) is 9.45. The third kappa shape index (κ3) is 5.20. The topological polar surface area (TPSA) is 89.8 Å². The van der Waals surface area contributed by atoms with Crippen LogP contribution in [0.25, 0.3) is 0 Å². The van der Waals surface area contributed by atoms with Crippen LogP contribution < -0.4 is 16.2 Å². The van der Waals surface area contributed by atoms with Gasteiger partial charge in [0.25, 0.3) is 0 Å². The van der Waals surface area contributed by atoms with Crippen LogP contribution in [-0.2, 0) is 6.54 Å². The van der Waals surface area contributed by atoms with Gasteiger partial charge in [0.1, 0.15) is 11.6 Å². The molecule has 2 heterocycles. The molecule has 0 amide bonds. The minimum atomic E-state index is -0.365. The summed E-state index contributed by atoms with van der Waals surface area (Å²) >= 11 is 4.62. The molecule has 0 bridgehead atoms. The molecule has 0 aliphatic carbocycles. The Morgan fingerprint density at radius 3 is 2.70 bits per heavy atom. The first-order chi connectivity index (χ1) is 13.0. The molecular formula is C19H15BrFN5S. The van der Waals surface area contributed by atoms with Crippen molar-refractivity contribution in [2.45, 2.75) is 11.4 Å². The van der Waals surface area contributed by atoms with Crippen LogP contribution in [0.1, 0.15) is 16.7 Å². The number of aromatic nitrogens is 2. The standard InChI is InChI=1S/C19H15BrFN5S/c20-15-7-16(11-24-10-15)27-26-18-6-12(3-4-17(18)21)1-2-13-5-14(8-22)19(23)25-9-13/h3-7,9-11,26H,8,22H2,(H2,23,25). The van der Waals surface area contributed by atoms with Gasteiger partial charge in [0.15, 0.2) is 0 Å². The predicted octanol–water partition coefficient (Wildman–Crippen LogP) is 3.94. The summed E-state index contributed by atoms with van der Waals surface area (Å²) in [5, 5.41) is 0. The Morgan fingerprint density at radius 2 is 1.93 bits per heavy atom. The Balaban J connectivity index is 1.77. The van der Waals surface area contributed by atoms with Crippen LogP contribution in [0.3, 0.4) is 0 Å². The van der Waals surface area contributed by atoms with Crippen molar-refractivity contribution in [3.63, 3.8) is 0 Å². The van der Waals surface area contributed by atoms with Gasteiger partial charge in [-0.25, -0.2) is 9.37 Å². The second-order valence-corrected chi connectivity index (χ2v) is 7.26. The molecule has 8 heteroatoms. The van der Waals surface area contributed by atoms with E-state index in [1.54, 1.807) is 36.8 Å². The molecule has 0 aliphatic heterocycles. The van der Waals surface area contributed by atoms with Gasteiger partial charge < -0.3 is 16.2 Å². The molecule has 0 radical (unpaired) electrons. The largest absolute Gasteiger partial charge is 0.383 e. The molecule has 1 aromatic carbocycles. The highest BCUT2D eigenvalue weighted by molar-refractivity contribution is 9.10. The number of benzene rings is 1. The van der Waals surface area contributed by atoms with Crippen molar-refractivity contribution in [1.29, 1.82) is 0 Å². The number of nitrogens with one attached hydrogen (secondary N) is 1. The van der Waals surface area contributed by atoms with Gasteiger partial charge in [-0.05, 0) is 58.2 Å². The third-order valence-electron chi connectivity index (χ3n) is 3.50. The first kappa shape index (κ1) is 19.2. The lowest BCUT2D eigenvalue weighted by molar-refractivity contribution is 0.632. The van der Waals surface area contributed by atoms with Crippen LogP contribution in [0.5, 0.6) is 0 Å². The van der Waals surface area contributed by atoms with Crippen molar-refractivity contribution in [3.8, 4) is 11.8 Å². The van der Waals surface area contributed by atoms with Gasteiger partial charge in [-0.1, -0.05) is 11.8 Å². The molecule has 3 aromatic rings. The van der Waals surface area contributed by atoms with Crippen molar-refractivity contribution in [1.82, 2.24) is 9.97 Å². The molecule has 2 aromatic heterocycles. The average Bonchev–Trinajstić information content (AvgIpc) is 2.67. The summed E-state index contributed by atoms with van der Waals surface area (Å²) in [5.74, 6) is 6.03. The fraction of sp³-hybridized carbons (Fsp3) is 0.0526. The minimum Gasteiger partial charge on any atom is -0.383 e. The Hall–Kier alpha value is -2.60. The van der Waals surface area contributed by atoms with E-state index in [2.05, 4.69) is 42.5 Å². The second kappa shape index (κ2) is 8.86. The van der Waals surface area contributed by atoms with Gasteiger partial charge in [-0.2, -0.15) is 0 Å². The second-order valence-electron chi connectivity index (χ2n) is 5.46. The van der Waals surface area contributed by atoms with E-state index in [-0.39, 0.29) is 5.82 Å². The predicted molar refractivity (Wildman–Crippen MR) is 110 cm³/mol. The molecular weight excluding hydrogens is 429 g/mol. The van der Waals surface area contributed by atoms with Crippen LogP contribution in [0, 0.1) is 17.7 Å². The van der Waals surface area contributed by atoms with E-state index in [9.17, 15) is 4.39 Å². The van der Waals surface area contributed by atoms with Crippen molar-refractivity contribution >= 4 is 39.4 Å². The summed E-state index contributed by atoms with van der Waals surface area (Å²) in [4.78, 5) is 9.00. The molecule has 27 heavy (non-hydrogen) atoms. The number of hydrogen-bond donors (Lipinski definition) is 3. The molecule has 5 nitrogen and oxygen atoms in total. The van der Waals surface area contributed by atoms with E-state index in [0.717, 1.165) is 14.9 Å². The van der Waals surface area contributed by atoms with Crippen molar-refractivity contribution in [2.24, 2.45) is 5.73 Å². The van der Waals surface area contributed by atoms with Crippen molar-refractivity contribution in [3.05, 3.63) is 75.9 Å². The maximum atomic E-state index is 14.1. The number of nitrogens with zero attached hydrogens (tertiary/aromatic N) is 2. The molecule has 3 rings (SSSR count). The maximum absolute atomic E-state index is 14.1. The highest BCUT2D eigenvalue weighted by Crippen LogP contribution is 2.25. The van der Waals surface area contributed by atoms with E-state index >= 15 is 0 Å². The summed E-state index contributed by atoms with van der Waals surface area (Å²) in [6, 6.07) is 8.32. The van der Waals surface area contributed by atoms with Gasteiger partial charge in [-0.15, -0.1) is 0 Å². The Kier molecular flexibility index (Phi) is 6.29. The number of hydrogen-bond acceptors (Lipinski definition) is 6. The van der Waals surface area contributed by atoms with Gasteiger partial charge in [0, 0.05) is 51.2 Å². The van der Waals surface area contributed by atoms with E-state index in [1.165, 1.54) is 18.0 Å². The van der Waals surface area contributed by atoms with Crippen LogP contribution in [0.4, 0.5) is 15.9 Å². The van der Waals surface area contributed by atoms with E-state index < -0.39 is 0 Å². The van der Waals surface area contributed by atoms with Gasteiger partial charge >= 0.3 is 0 Å². The van der Waals surface area contributed by atoms with Gasteiger partial charge in [-0.3, -0.25) is 4.98 Å². The zero-order valence-corrected chi connectivity index (χ0v) is 16.4. The van der Waals surface area contributed by atoms with Crippen LogP contribution in [0.2, 0.25) is 0 Å².